The molecule has 4 rings (SSSR count). The van der Waals surface area contributed by atoms with Gasteiger partial charge in [-0.25, -0.2) is 8.91 Å². The second-order valence-corrected chi connectivity index (χ2v) is 8.02. The number of fused-ring (bicyclic) bond motifs is 1. The molecular weight excluding hydrogens is 468 g/mol. The van der Waals surface area contributed by atoms with E-state index in [1.54, 1.807) is 29.3 Å². The lowest BCUT2D eigenvalue weighted by molar-refractivity contribution is -0.141. The Morgan fingerprint density at radius 3 is 2.60 bits per heavy atom. The first-order valence-electron chi connectivity index (χ1n) is 10.7. The van der Waals surface area contributed by atoms with Gasteiger partial charge in [-0.2, -0.15) is 23.3 Å². The van der Waals surface area contributed by atoms with E-state index in [0.717, 1.165) is 6.07 Å². The summed E-state index contributed by atoms with van der Waals surface area (Å²) in [6.07, 6.45) is 2.11. The number of alkyl halides is 4. The lowest BCUT2D eigenvalue weighted by Gasteiger charge is -2.16. The quantitative estimate of drug-likeness (QED) is 0.382. The van der Waals surface area contributed by atoms with Crippen LogP contribution < -0.4 is 11.1 Å². The highest BCUT2D eigenvalue weighted by Gasteiger charge is 2.32. The second-order valence-electron chi connectivity index (χ2n) is 8.02. The summed E-state index contributed by atoms with van der Waals surface area (Å²) in [4.78, 5) is 20.4. The number of nitrogens with zero attached hydrogens (tertiary/aromatic N) is 6. The molecule has 9 nitrogen and oxygen atoms in total. The van der Waals surface area contributed by atoms with Crippen LogP contribution in [0.25, 0.3) is 16.8 Å². The standard InChI is InChI=1S/C22H22F4N8O/c1-3-17(13-4-5-18(28-8-13)22(24,25)26)33-11-15(9-29-33)14-6-16(20(35)30-12(2)7-23)19-31-21(27)32-34(19)10-14/h4-6,8-12,17H,3,7H2,1-2H3,(H2,27,32)(H,30,35). The van der Waals surface area contributed by atoms with Crippen molar-refractivity contribution in [2.75, 3.05) is 12.4 Å². The second kappa shape index (κ2) is 9.31. The topological polar surface area (TPSA) is 116 Å². The SMILES string of the molecule is CCC(c1ccc(C(F)(F)F)nc1)n1cc(-c2cc(C(=O)NC(C)CF)c3nc(N)nn3c2)cn1. The average molecular weight is 490 g/mol. The minimum atomic E-state index is -4.52. The molecule has 3 N–H and O–H groups in total. The number of nitrogen functional groups attached to an aromatic ring is 1. The van der Waals surface area contributed by atoms with Crippen LogP contribution in [0.15, 0.2) is 43.0 Å². The summed E-state index contributed by atoms with van der Waals surface area (Å²) in [6.45, 7) is 2.67. The smallest absolute Gasteiger partial charge is 0.366 e. The van der Waals surface area contributed by atoms with Gasteiger partial charge in [-0.1, -0.05) is 13.0 Å². The van der Waals surface area contributed by atoms with Crippen LogP contribution in [0, 0.1) is 0 Å². The van der Waals surface area contributed by atoms with Gasteiger partial charge in [0.15, 0.2) is 5.65 Å². The molecule has 0 aliphatic carbocycles. The first-order valence-corrected chi connectivity index (χ1v) is 10.7. The molecule has 0 spiro atoms. The zero-order valence-corrected chi connectivity index (χ0v) is 18.8. The van der Waals surface area contributed by atoms with E-state index in [9.17, 15) is 22.4 Å². The van der Waals surface area contributed by atoms with E-state index in [1.807, 2.05) is 6.92 Å². The highest BCUT2D eigenvalue weighted by Crippen LogP contribution is 2.30. The molecule has 0 aliphatic rings. The maximum atomic E-state index is 12.9. The van der Waals surface area contributed by atoms with Gasteiger partial charge in [-0.15, -0.1) is 5.10 Å². The molecule has 4 aromatic rings. The van der Waals surface area contributed by atoms with E-state index >= 15 is 0 Å². The molecule has 4 aromatic heterocycles. The number of anilines is 1. The van der Waals surface area contributed by atoms with Gasteiger partial charge in [-0.05, 0) is 31.0 Å². The number of hydrogen-bond acceptors (Lipinski definition) is 6. The Hall–Kier alpha value is -4.03. The molecule has 0 aromatic carbocycles. The van der Waals surface area contributed by atoms with Gasteiger partial charge in [-0.3, -0.25) is 14.5 Å². The number of halogens is 4. The van der Waals surface area contributed by atoms with E-state index in [4.69, 9.17) is 5.73 Å². The average Bonchev–Trinajstić information content (AvgIpc) is 3.44. The number of nitrogens with two attached hydrogens (primary N) is 1. The predicted molar refractivity (Wildman–Crippen MR) is 119 cm³/mol. The summed E-state index contributed by atoms with van der Waals surface area (Å²) in [5.74, 6) is -0.574. The minimum Gasteiger partial charge on any atom is -0.366 e. The predicted octanol–water partition coefficient (Wildman–Crippen LogP) is 3.68. The first kappa shape index (κ1) is 24.1. The van der Waals surface area contributed by atoms with Crippen LogP contribution in [0.3, 0.4) is 0 Å². The molecule has 0 bridgehead atoms. The van der Waals surface area contributed by atoms with Crippen molar-refractivity contribution >= 4 is 17.5 Å². The summed E-state index contributed by atoms with van der Waals surface area (Å²) < 4.78 is 54.5. The molecule has 0 saturated carbocycles. The van der Waals surface area contributed by atoms with Crippen molar-refractivity contribution in [1.82, 2.24) is 34.7 Å². The maximum Gasteiger partial charge on any atom is 0.433 e. The van der Waals surface area contributed by atoms with Gasteiger partial charge in [0.2, 0.25) is 5.95 Å². The van der Waals surface area contributed by atoms with Crippen molar-refractivity contribution in [2.24, 2.45) is 0 Å². The molecule has 0 radical (unpaired) electrons. The van der Waals surface area contributed by atoms with Gasteiger partial charge >= 0.3 is 6.18 Å². The Labute approximate surface area is 197 Å². The summed E-state index contributed by atoms with van der Waals surface area (Å²) in [7, 11) is 0. The summed E-state index contributed by atoms with van der Waals surface area (Å²) in [6, 6.07) is 2.83. The van der Waals surface area contributed by atoms with Crippen molar-refractivity contribution in [3.8, 4) is 11.1 Å². The number of pyridine rings is 2. The van der Waals surface area contributed by atoms with Crippen molar-refractivity contribution in [1.29, 1.82) is 0 Å². The third-order valence-corrected chi connectivity index (χ3v) is 5.41. The number of hydrogen-bond donors (Lipinski definition) is 2. The van der Waals surface area contributed by atoms with Crippen LogP contribution in [-0.4, -0.2) is 48.0 Å². The van der Waals surface area contributed by atoms with Crippen LogP contribution in [-0.2, 0) is 6.18 Å². The number of amides is 1. The molecule has 184 valence electrons. The van der Waals surface area contributed by atoms with Crippen LogP contribution >= 0.6 is 0 Å². The zero-order valence-electron chi connectivity index (χ0n) is 18.8. The fourth-order valence-corrected chi connectivity index (χ4v) is 3.67. The van der Waals surface area contributed by atoms with E-state index in [0.29, 0.717) is 23.1 Å². The third kappa shape index (κ3) is 4.93. The Morgan fingerprint density at radius 2 is 1.97 bits per heavy atom. The largest absolute Gasteiger partial charge is 0.433 e. The molecular formula is C22H22F4N8O. The molecule has 1 amide bonds. The van der Waals surface area contributed by atoms with E-state index in [-0.39, 0.29) is 23.2 Å². The third-order valence-electron chi connectivity index (χ3n) is 5.41. The fourth-order valence-electron chi connectivity index (χ4n) is 3.67. The monoisotopic (exact) mass is 490 g/mol. The van der Waals surface area contributed by atoms with E-state index in [1.165, 1.54) is 23.7 Å². The normalized spacial score (nSPS) is 13.7. The zero-order chi connectivity index (χ0) is 25.3. The van der Waals surface area contributed by atoms with Crippen LogP contribution in [0.1, 0.15) is 47.9 Å². The number of nitrogens with one attached hydrogen (secondary N) is 1. The van der Waals surface area contributed by atoms with Crippen molar-refractivity contribution in [2.45, 2.75) is 38.5 Å². The molecule has 0 fully saturated rings. The molecule has 35 heavy (non-hydrogen) atoms. The first-order chi connectivity index (χ1) is 16.6. The lowest BCUT2D eigenvalue weighted by Crippen LogP contribution is -2.34. The Morgan fingerprint density at radius 1 is 1.20 bits per heavy atom. The van der Waals surface area contributed by atoms with Crippen molar-refractivity contribution in [3.05, 3.63) is 59.8 Å². The summed E-state index contributed by atoms with van der Waals surface area (Å²) in [5, 5.41) is 11.0. The van der Waals surface area contributed by atoms with Gasteiger partial charge in [0.25, 0.3) is 5.91 Å². The number of rotatable bonds is 7. The van der Waals surface area contributed by atoms with Gasteiger partial charge in [0, 0.05) is 29.7 Å². The highest BCUT2D eigenvalue weighted by molar-refractivity contribution is 6.01. The molecule has 13 heteroatoms. The summed E-state index contributed by atoms with van der Waals surface area (Å²) in [5.41, 5.74) is 6.85. The molecule has 2 atom stereocenters. The Balaban J connectivity index is 1.69. The lowest BCUT2D eigenvalue weighted by atomic mass is 10.1. The molecule has 0 aliphatic heterocycles. The molecule has 0 saturated heterocycles. The highest BCUT2D eigenvalue weighted by atomic mass is 19.4. The fraction of sp³-hybridized carbons (Fsp3) is 0.318. The van der Waals surface area contributed by atoms with Crippen LogP contribution in [0.5, 0.6) is 0 Å². The number of carbonyl (C=O) groups is 1. The van der Waals surface area contributed by atoms with E-state index < -0.39 is 30.5 Å². The van der Waals surface area contributed by atoms with Crippen molar-refractivity contribution < 1.29 is 22.4 Å². The number of aromatic nitrogens is 6. The van der Waals surface area contributed by atoms with Gasteiger partial charge in [0.05, 0.1) is 23.8 Å². The number of carbonyl (C=O) groups excluding carboxylic acids is 1. The van der Waals surface area contributed by atoms with Crippen molar-refractivity contribution in [3.63, 3.8) is 0 Å². The van der Waals surface area contributed by atoms with Crippen LogP contribution in [0.2, 0.25) is 0 Å². The van der Waals surface area contributed by atoms with Gasteiger partial charge in [0.1, 0.15) is 12.4 Å². The summed E-state index contributed by atoms with van der Waals surface area (Å²) >= 11 is 0. The van der Waals surface area contributed by atoms with E-state index in [2.05, 4.69) is 25.5 Å². The molecule has 2 unspecified atom stereocenters. The minimum absolute atomic E-state index is 0.0358. The van der Waals surface area contributed by atoms with Crippen LogP contribution in [0.4, 0.5) is 23.5 Å². The maximum absolute atomic E-state index is 12.9. The Kier molecular flexibility index (Phi) is 6.41. The van der Waals surface area contributed by atoms with Gasteiger partial charge < -0.3 is 11.1 Å². The molecule has 4 heterocycles. The Bertz CT molecular complexity index is 1350.